The molecule has 0 saturated carbocycles. The minimum atomic E-state index is 0.847. The van der Waals surface area contributed by atoms with Gasteiger partial charge in [-0.1, -0.05) is 6.07 Å². The number of aromatic nitrogens is 3. The SMILES string of the molecule is C[n+]1ccn(CCNCCn2ccc3c(N)cccc32)c1. The molecule has 3 aromatic rings. The van der Waals surface area contributed by atoms with E-state index in [1.54, 1.807) is 0 Å². The van der Waals surface area contributed by atoms with E-state index < -0.39 is 0 Å². The topological polar surface area (TPSA) is 51.8 Å². The standard InChI is InChI=1S/C16H22N5/c1-19-11-12-20(13-19)9-6-18-7-10-21-8-5-14-15(17)3-2-4-16(14)21/h2-5,8,11-13,18H,6-7,9-10,17H2,1H3/q+1. The van der Waals surface area contributed by atoms with Crippen molar-refractivity contribution in [2.24, 2.45) is 7.05 Å². The highest BCUT2D eigenvalue weighted by molar-refractivity contribution is 5.91. The number of anilines is 1. The van der Waals surface area contributed by atoms with Gasteiger partial charge in [-0.25, -0.2) is 9.13 Å². The van der Waals surface area contributed by atoms with E-state index >= 15 is 0 Å². The quantitative estimate of drug-likeness (QED) is 0.405. The minimum Gasteiger partial charge on any atom is -0.398 e. The number of hydrogen-bond acceptors (Lipinski definition) is 2. The summed E-state index contributed by atoms with van der Waals surface area (Å²) in [5.41, 5.74) is 8.03. The van der Waals surface area contributed by atoms with E-state index in [4.69, 9.17) is 5.73 Å². The number of benzene rings is 1. The predicted molar refractivity (Wildman–Crippen MR) is 84.8 cm³/mol. The molecule has 0 radical (unpaired) electrons. The fourth-order valence-electron chi connectivity index (χ4n) is 2.61. The van der Waals surface area contributed by atoms with Gasteiger partial charge in [-0.15, -0.1) is 0 Å². The number of fused-ring (bicyclic) bond motifs is 1. The molecule has 110 valence electrons. The number of hydrogen-bond donors (Lipinski definition) is 2. The molecule has 0 fully saturated rings. The molecule has 1 aromatic carbocycles. The normalized spacial score (nSPS) is 11.3. The van der Waals surface area contributed by atoms with Crippen LogP contribution in [-0.2, 0) is 20.1 Å². The summed E-state index contributed by atoms with van der Waals surface area (Å²) in [5.74, 6) is 0. The summed E-state index contributed by atoms with van der Waals surface area (Å²) in [4.78, 5) is 0. The van der Waals surface area contributed by atoms with Crippen LogP contribution in [0.25, 0.3) is 10.9 Å². The number of nitrogen functional groups attached to an aromatic ring is 1. The largest absolute Gasteiger partial charge is 0.398 e. The van der Waals surface area contributed by atoms with Gasteiger partial charge < -0.3 is 15.6 Å². The van der Waals surface area contributed by atoms with Crippen LogP contribution in [0.3, 0.4) is 0 Å². The van der Waals surface area contributed by atoms with E-state index in [0.717, 1.165) is 37.3 Å². The van der Waals surface area contributed by atoms with Gasteiger partial charge in [0.25, 0.3) is 0 Å². The summed E-state index contributed by atoms with van der Waals surface area (Å²) >= 11 is 0. The van der Waals surface area contributed by atoms with Crippen LogP contribution in [0, 0.1) is 0 Å². The Morgan fingerprint density at radius 2 is 2.00 bits per heavy atom. The molecule has 5 heteroatoms. The summed E-state index contributed by atoms with van der Waals surface area (Å²) in [6.07, 6.45) is 8.33. The fraction of sp³-hybridized carbons (Fsp3) is 0.312. The first-order valence-corrected chi connectivity index (χ1v) is 7.29. The summed E-state index contributed by atoms with van der Waals surface area (Å²) in [7, 11) is 2.03. The fourth-order valence-corrected chi connectivity index (χ4v) is 2.61. The lowest BCUT2D eigenvalue weighted by Crippen LogP contribution is -2.26. The van der Waals surface area contributed by atoms with E-state index in [9.17, 15) is 0 Å². The van der Waals surface area contributed by atoms with Gasteiger partial charge in [-0.05, 0) is 18.2 Å². The average Bonchev–Trinajstić information content (AvgIpc) is 3.06. The highest BCUT2D eigenvalue weighted by atomic mass is 15.1. The van der Waals surface area contributed by atoms with Crippen molar-refractivity contribution in [1.82, 2.24) is 14.5 Å². The summed E-state index contributed by atoms with van der Waals surface area (Å²) in [6.45, 7) is 3.86. The first kappa shape index (κ1) is 13.7. The second kappa shape index (κ2) is 6.01. The second-order valence-corrected chi connectivity index (χ2v) is 5.36. The summed E-state index contributed by atoms with van der Waals surface area (Å²) < 4.78 is 6.48. The van der Waals surface area contributed by atoms with Crippen molar-refractivity contribution in [2.75, 3.05) is 18.8 Å². The third-order valence-corrected chi connectivity index (χ3v) is 3.75. The Hall–Kier alpha value is -2.27. The van der Waals surface area contributed by atoms with Crippen LogP contribution in [0.1, 0.15) is 0 Å². The lowest BCUT2D eigenvalue weighted by atomic mass is 10.2. The van der Waals surface area contributed by atoms with Crippen molar-refractivity contribution in [3.63, 3.8) is 0 Å². The lowest BCUT2D eigenvalue weighted by molar-refractivity contribution is -0.671. The summed E-state index contributed by atoms with van der Waals surface area (Å²) in [5, 5.41) is 4.61. The first-order valence-electron chi connectivity index (χ1n) is 7.29. The zero-order valence-corrected chi connectivity index (χ0v) is 12.4. The molecule has 0 bridgehead atoms. The molecule has 0 amide bonds. The lowest BCUT2D eigenvalue weighted by Gasteiger charge is -2.07. The van der Waals surface area contributed by atoms with Crippen molar-refractivity contribution in [2.45, 2.75) is 13.1 Å². The molecule has 3 rings (SSSR count). The number of rotatable bonds is 6. The Balaban J connectivity index is 1.49. The van der Waals surface area contributed by atoms with E-state index in [-0.39, 0.29) is 0 Å². The van der Waals surface area contributed by atoms with Gasteiger partial charge in [-0.3, -0.25) is 0 Å². The van der Waals surface area contributed by atoms with Crippen LogP contribution in [0.15, 0.2) is 49.2 Å². The monoisotopic (exact) mass is 284 g/mol. The van der Waals surface area contributed by atoms with Crippen LogP contribution in [0.2, 0.25) is 0 Å². The van der Waals surface area contributed by atoms with E-state index in [0.29, 0.717) is 0 Å². The molecule has 0 saturated heterocycles. The van der Waals surface area contributed by atoms with Crippen LogP contribution >= 0.6 is 0 Å². The van der Waals surface area contributed by atoms with Gasteiger partial charge in [0, 0.05) is 36.9 Å². The Morgan fingerprint density at radius 3 is 2.81 bits per heavy atom. The maximum atomic E-state index is 5.98. The molecule has 2 heterocycles. The molecule has 0 spiro atoms. The van der Waals surface area contributed by atoms with E-state index in [2.05, 4.69) is 56.1 Å². The number of imidazole rings is 1. The Labute approximate surface area is 124 Å². The minimum absolute atomic E-state index is 0.847. The van der Waals surface area contributed by atoms with Crippen LogP contribution in [0.5, 0.6) is 0 Å². The second-order valence-electron chi connectivity index (χ2n) is 5.36. The Kier molecular flexibility index (Phi) is 3.92. The van der Waals surface area contributed by atoms with Gasteiger partial charge in [0.05, 0.1) is 12.6 Å². The molecule has 2 aromatic heterocycles. The number of nitrogens with zero attached hydrogens (tertiary/aromatic N) is 3. The molecule has 5 nitrogen and oxygen atoms in total. The van der Waals surface area contributed by atoms with Crippen molar-refractivity contribution in [1.29, 1.82) is 0 Å². The van der Waals surface area contributed by atoms with Crippen molar-refractivity contribution in [3.8, 4) is 0 Å². The Bertz CT molecular complexity index is 725. The van der Waals surface area contributed by atoms with Crippen molar-refractivity contribution in [3.05, 3.63) is 49.2 Å². The van der Waals surface area contributed by atoms with Gasteiger partial charge in [0.1, 0.15) is 18.9 Å². The maximum Gasteiger partial charge on any atom is 0.243 e. The summed E-state index contributed by atoms with van der Waals surface area (Å²) in [6, 6.07) is 8.16. The number of nitrogens with two attached hydrogens (primary N) is 1. The molecule has 0 aliphatic rings. The molecule has 0 aliphatic carbocycles. The predicted octanol–water partition coefficient (Wildman–Crippen LogP) is 1.14. The smallest absolute Gasteiger partial charge is 0.243 e. The van der Waals surface area contributed by atoms with Crippen LogP contribution in [0.4, 0.5) is 5.69 Å². The average molecular weight is 284 g/mol. The van der Waals surface area contributed by atoms with Gasteiger partial charge >= 0.3 is 0 Å². The Morgan fingerprint density at radius 1 is 1.14 bits per heavy atom. The molecule has 0 unspecified atom stereocenters. The molecular formula is C16H22N5+. The van der Waals surface area contributed by atoms with Gasteiger partial charge in [0.2, 0.25) is 6.33 Å². The third kappa shape index (κ3) is 3.08. The molecule has 0 aliphatic heterocycles. The van der Waals surface area contributed by atoms with E-state index in [1.807, 2.05) is 19.2 Å². The van der Waals surface area contributed by atoms with Crippen molar-refractivity contribution < 1.29 is 4.57 Å². The number of aryl methyl sites for hydroxylation is 1. The van der Waals surface area contributed by atoms with Gasteiger partial charge in [0.15, 0.2) is 0 Å². The number of nitrogens with one attached hydrogen (secondary N) is 1. The highest BCUT2D eigenvalue weighted by Gasteiger charge is 2.03. The molecule has 0 atom stereocenters. The first-order chi connectivity index (χ1) is 10.2. The molecule has 21 heavy (non-hydrogen) atoms. The third-order valence-electron chi connectivity index (χ3n) is 3.75. The van der Waals surface area contributed by atoms with Crippen LogP contribution < -0.4 is 15.6 Å². The van der Waals surface area contributed by atoms with Crippen molar-refractivity contribution >= 4 is 16.6 Å². The highest BCUT2D eigenvalue weighted by Crippen LogP contribution is 2.21. The zero-order valence-electron chi connectivity index (χ0n) is 12.4. The van der Waals surface area contributed by atoms with Gasteiger partial charge in [-0.2, -0.15) is 0 Å². The zero-order chi connectivity index (χ0) is 14.7. The molecular weight excluding hydrogens is 262 g/mol. The maximum absolute atomic E-state index is 5.98. The van der Waals surface area contributed by atoms with Crippen LogP contribution in [-0.4, -0.2) is 22.2 Å². The molecule has 3 N–H and O–H groups in total. The van der Waals surface area contributed by atoms with E-state index in [1.165, 1.54) is 5.52 Å².